The lowest BCUT2D eigenvalue weighted by Gasteiger charge is -2.02. The highest BCUT2D eigenvalue weighted by Crippen LogP contribution is 2.15. The fraction of sp³-hybridized carbons (Fsp3) is 0.214. The third-order valence-corrected chi connectivity index (χ3v) is 3.38. The highest BCUT2D eigenvalue weighted by Gasteiger charge is 2.07. The second-order valence-electron chi connectivity index (χ2n) is 3.80. The fourth-order valence-electron chi connectivity index (χ4n) is 1.53. The van der Waals surface area contributed by atoms with Crippen molar-refractivity contribution in [2.45, 2.75) is 13.0 Å². The molecule has 0 saturated carbocycles. The Bertz CT molecular complexity index is 590. The van der Waals surface area contributed by atoms with Crippen molar-refractivity contribution in [1.82, 2.24) is 10.3 Å². The Morgan fingerprint density at radius 2 is 2.37 bits per heavy atom. The van der Waals surface area contributed by atoms with Gasteiger partial charge in [-0.2, -0.15) is 0 Å². The number of aromatic nitrogens is 1. The lowest BCUT2D eigenvalue weighted by molar-refractivity contribution is 0.0947. The highest BCUT2D eigenvalue weighted by molar-refractivity contribution is 7.10. The van der Waals surface area contributed by atoms with Gasteiger partial charge in [-0.05, 0) is 23.6 Å². The third-order valence-electron chi connectivity index (χ3n) is 2.46. The predicted octanol–water partition coefficient (Wildman–Crippen LogP) is 1.74. The van der Waals surface area contributed by atoms with E-state index in [-0.39, 0.29) is 12.5 Å². The Kier molecular flexibility index (Phi) is 4.78. The second-order valence-corrected chi connectivity index (χ2v) is 4.80. The van der Waals surface area contributed by atoms with Crippen molar-refractivity contribution in [3.8, 4) is 11.8 Å². The van der Waals surface area contributed by atoms with E-state index in [1.54, 1.807) is 29.7 Å². The number of aliphatic hydroxyl groups is 1. The number of rotatable bonds is 4. The SMILES string of the molecule is O=C(NCc1sccc1C#CCCO)c1ccc[nH]1. The lowest BCUT2D eigenvalue weighted by atomic mass is 10.2. The molecule has 19 heavy (non-hydrogen) atoms. The molecule has 0 spiro atoms. The van der Waals surface area contributed by atoms with E-state index >= 15 is 0 Å². The van der Waals surface area contributed by atoms with Crippen molar-refractivity contribution in [2.24, 2.45) is 0 Å². The Hall–Kier alpha value is -2.03. The normalized spacial score (nSPS) is 9.74. The van der Waals surface area contributed by atoms with Crippen LogP contribution in [0, 0.1) is 11.8 Å². The topological polar surface area (TPSA) is 65.1 Å². The van der Waals surface area contributed by atoms with Gasteiger partial charge in [-0.25, -0.2) is 0 Å². The van der Waals surface area contributed by atoms with Gasteiger partial charge in [-0.15, -0.1) is 11.3 Å². The number of carbonyl (C=O) groups excluding carboxylic acids is 1. The van der Waals surface area contributed by atoms with Crippen molar-refractivity contribution in [3.63, 3.8) is 0 Å². The molecule has 2 heterocycles. The van der Waals surface area contributed by atoms with Gasteiger partial charge in [0.15, 0.2) is 0 Å². The Labute approximate surface area is 115 Å². The van der Waals surface area contributed by atoms with E-state index in [9.17, 15) is 4.79 Å². The predicted molar refractivity (Wildman–Crippen MR) is 74.9 cm³/mol. The molecule has 0 saturated heterocycles. The van der Waals surface area contributed by atoms with Gasteiger partial charge in [0, 0.05) is 23.1 Å². The molecule has 0 aromatic carbocycles. The van der Waals surface area contributed by atoms with Gasteiger partial charge in [0.1, 0.15) is 5.69 Å². The third kappa shape index (κ3) is 3.71. The fourth-order valence-corrected chi connectivity index (χ4v) is 2.30. The summed E-state index contributed by atoms with van der Waals surface area (Å²) < 4.78 is 0. The molecular weight excluding hydrogens is 260 g/mol. The molecule has 0 unspecified atom stereocenters. The largest absolute Gasteiger partial charge is 0.395 e. The number of aromatic amines is 1. The van der Waals surface area contributed by atoms with Crippen LogP contribution in [-0.2, 0) is 6.54 Å². The van der Waals surface area contributed by atoms with Gasteiger partial charge in [0.25, 0.3) is 5.91 Å². The minimum atomic E-state index is -0.132. The lowest BCUT2D eigenvalue weighted by Crippen LogP contribution is -2.22. The van der Waals surface area contributed by atoms with Crippen LogP contribution in [0.5, 0.6) is 0 Å². The molecule has 2 aromatic rings. The summed E-state index contributed by atoms with van der Waals surface area (Å²) >= 11 is 1.56. The van der Waals surface area contributed by atoms with E-state index in [2.05, 4.69) is 22.1 Å². The number of hydrogen-bond acceptors (Lipinski definition) is 3. The van der Waals surface area contributed by atoms with E-state index in [1.807, 2.05) is 11.4 Å². The van der Waals surface area contributed by atoms with Crippen molar-refractivity contribution in [3.05, 3.63) is 45.9 Å². The van der Waals surface area contributed by atoms with Crippen molar-refractivity contribution in [1.29, 1.82) is 0 Å². The summed E-state index contributed by atoms with van der Waals surface area (Å²) in [4.78, 5) is 15.6. The van der Waals surface area contributed by atoms with E-state index in [1.165, 1.54) is 0 Å². The van der Waals surface area contributed by atoms with Crippen LogP contribution in [0.3, 0.4) is 0 Å². The molecule has 0 radical (unpaired) electrons. The van der Waals surface area contributed by atoms with Crippen LogP contribution in [0.15, 0.2) is 29.8 Å². The molecule has 5 heteroatoms. The zero-order valence-corrected chi connectivity index (χ0v) is 11.1. The monoisotopic (exact) mass is 274 g/mol. The highest BCUT2D eigenvalue weighted by atomic mass is 32.1. The number of amides is 1. The standard InChI is InChI=1S/C14H14N2O2S/c17-8-2-1-4-11-6-9-19-13(11)10-16-14(18)12-5-3-7-15-12/h3,5-7,9,15,17H,2,8,10H2,(H,16,18). The van der Waals surface area contributed by atoms with Crippen LogP contribution in [0.25, 0.3) is 0 Å². The quantitative estimate of drug-likeness (QED) is 0.744. The summed E-state index contributed by atoms with van der Waals surface area (Å²) in [5.41, 5.74) is 1.45. The minimum absolute atomic E-state index is 0.0655. The minimum Gasteiger partial charge on any atom is -0.395 e. The Balaban J connectivity index is 1.95. The van der Waals surface area contributed by atoms with Crippen LogP contribution in [-0.4, -0.2) is 22.6 Å². The number of nitrogens with one attached hydrogen (secondary N) is 2. The molecule has 0 bridgehead atoms. The second kappa shape index (κ2) is 6.78. The maximum Gasteiger partial charge on any atom is 0.267 e. The number of aliphatic hydroxyl groups excluding tert-OH is 1. The van der Waals surface area contributed by atoms with Gasteiger partial charge >= 0.3 is 0 Å². The first kappa shape index (κ1) is 13.4. The number of H-pyrrole nitrogens is 1. The number of hydrogen-bond donors (Lipinski definition) is 3. The Morgan fingerprint density at radius 1 is 1.47 bits per heavy atom. The zero-order chi connectivity index (χ0) is 13.5. The van der Waals surface area contributed by atoms with E-state index in [4.69, 9.17) is 5.11 Å². The van der Waals surface area contributed by atoms with E-state index in [0.717, 1.165) is 10.4 Å². The van der Waals surface area contributed by atoms with E-state index in [0.29, 0.717) is 18.7 Å². The van der Waals surface area contributed by atoms with Gasteiger partial charge < -0.3 is 15.4 Å². The first-order chi connectivity index (χ1) is 9.31. The molecule has 0 aliphatic heterocycles. The molecule has 0 aliphatic rings. The van der Waals surface area contributed by atoms with E-state index < -0.39 is 0 Å². The first-order valence-corrected chi connectivity index (χ1v) is 6.77. The van der Waals surface area contributed by atoms with Crippen LogP contribution in [0.4, 0.5) is 0 Å². The van der Waals surface area contributed by atoms with Gasteiger partial charge in [0.2, 0.25) is 0 Å². The molecule has 2 rings (SSSR count). The van der Waals surface area contributed by atoms with Gasteiger partial charge in [-0.3, -0.25) is 4.79 Å². The van der Waals surface area contributed by atoms with Crippen LogP contribution < -0.4 is 5.32 Å². The summed E-state index contributed by atoms with van der Waals surface area (Å²) in [5, 5.41) is 13.5. The summed E-state index contributed by atoms with van der Waals surface area (Å²) in [6, 6.07) is 5.43. The van der Waals surface area contributed by atoms with Crippen molar-refractivity contribution < 1.29 is 9.90 Å². The molecule has 98 valence electrons. The van der Waals surface area contributed by atoms with Crippen molar-refractivity contribution >= 4 is 17.2 Å². The summed E-state index contributed by atoms with van der Waals surface area (Å²) in [6.07, 6.45) is 2.18. The van der Waals surface area contributed by atoms with Gasteiger partial charge in [0.05, 0.1) is 13.2 Å². The van der Waals surface area contributed by atoms with Crippen molar-refractivity contribution in [2.75, 3.05) is 6.61 Å². The maximum absolute atomic E-state index is 11.8. The molecule has 1 amide bonds. The zero-order valence-electron chi connectivity index (χ0n) is 10.3. The van der Waals surface area contributed by atoms with Crippen LogP contribution >= 0.6 is 11.3 Å². The number of thiophene rings is 1. The van der Waals surface area contributed by atoms with Crippen LogP contribution in [0.1, 0.15) is 27.3 Å². The molecule has 3 N–H and O–H groups in total. The summed E-state index contributed by atoms with van der Waals surface area (Å²) in [7, 11) is 0. The smallest absolute Gasteiger partial charge is 0.267 e. The first-order valence-electron chi connectivity index (χ1n) is 5.89. The van der Waals surface area contributed by atoms with Crippen LogP contribution in [0.2, 0.25) is 0 Å². The summed E-state index contributed by atoms with van der Waals surface area (Å²) in [6.45, 7) is 0.523. The number of carbonyl (C=O) groups is 1. The summed E-state index contributed by atoms with van der Waals surface area (Å²) in [5.74, 6) is 5.74. The van der Waals surface area contributed by atoms with Gasteiger partial charge in [-0.1, -0.05) is 11.8 Å². The average Bonchev–Trinajstić information content (AvgIpc) is 3.08. The molecule has 2 aromatic heterocycles. The molecule has 4 nitrogen and oxygen atoms in total. The Morgan fingerprint density at radius 3 is 3.11 bits per heavy atom. The maximum atomic E-state index is 11.8. The average molecular weight is 274 g/mol. The molecular formula is C14H14N2O2S. The molecule has 0 atom stereocenters. The molecule has 0 aliphatic carbocycles. The molecule has 0 fully saturated rings.